The van der Waals surface area contributed by atoms with Crippen molar-refractivity contribution in [1.82, 2.24) is 29.9 Å². The number of aromatic nitrogens is 3. The van der Waals surface area contributed by atoms with Crippen LogP contribution >= 0.6 is 0 Å². The van der Waals surface area contributed by atoms with Crippen LogP contribution in [0.1, 0.15) is 29.9 Å². The van der Waals surface area contributed by atoms with Gasteiger partial charge in [0.1, 0.15) is 6.33 Å². The van der Waals surface area contributed by atoms with Gasteiger partial charge in [0, 0.05) is 39.8 Å². The van der Waals surface area contributed by atoms with Gasteiger partial charge >= 0.3 is 6.03 Å². The Morgan fingerprint density at radius 3 is 2.68 bits per heavy atom. The van der Waals surface area contributed by atoms with E-state index in [0.29, 0.717) is 0 Å². The standard InChI is InChI=1S/C18H26N6O/c1-14-5-4-6-16(11-14)12-23-7-9-24(10-8-23)18(25)20-15(2)17-21-19-13-22(17)3/h4-6,11,13,15H,7-10,12H2,1-3H3,(H,20,25)/t15-/m1/s1. The van der Waals surface area contributed by atoms with Crippen molar-refractivity contribution < 1.29 is 4.79 Å². The first-order valence-electron chi connectivity index (χ1n) is 8.70. The lowest BCUT2D eigenvalue weighted by atomic mass is 10.1. The van der Waals surface area contributed by atoms with Gasteiger partial charge in [-0.2, -0.15) is 0 Å². The van der Waals surface area contributed by atoms with Crippen molar-refractivity contribution in [3.05, 3.63) is 47.5 Å². The van der Waals surface area contributed by atoms with Crippen molar-refractivity contribution >= 4 is 6.03 Å². The number of urea groups is 1. The zero-order valence-electron chi connectivity index (χ0n) is 15.1. The molecule has 1 saturated heterocycles. The minimum Gasteiger partial charge on any atom is -0.328 e. The van der Waals surface area contributed by atoms with Crippen LogP contribution in [0, 0.1) is 6.92 Å². The molecule has 1 N–H and O–H groups in total. The fraction of sp³-hybridized carbons (Fsp3) is 0.500. The molecular weight excluding hydrogens is 316 g/mol. The third kappa shape index (κ3) is 4.36. The summed E-state index contributed by atoms with van der Waals surface area (Å²) in [5, 5.41) is 10.9. The van der Waals surface area contributed by atoms with Gasteiger partial charge in [-0.05, 0) is 19.4 Å². The largest absolute Gasteiger partial charge is 0.328 e. The topological polar surface area (TPSA) is 66.3 Å². The highest BCUT2D eigenvalue weighted by Crippen LogP contribution is 2.12. The van der Waals surface area contributed by atoms with Crippen molar-refractivity contribution in [2.24, 2.45) is 7.05 Å². The van der Waals surface area contributed by atoms with E-state index in [2.05, 4.69) is 51.6 Å². The molecule has 0 unspecified atom stereocenters. The maximum absolute atomic E-state index is 12.5. The number of carbonyl (C=O) groups excluding carboxylic acids is 1. The summed E-state index contributed by atoms with van der Waals surface area (Å²) in [7, 11) is 1.88. The summed E-state index contributed by atoms with van der Waals surface area (Å²) in [5.74, 6) is 0.756. The summed E-state index contributed by atoms with van der Waals surface area (Å²) in [6, 6.07) is 8.40. The third-order valence-electron chi connectivity index (χ3n) is 4.62. The summed E-state index contributed by atoms with van der Waals surface area (Å²) in [6.45, 7) is 8.23. The van der Waals surface area contributed by atoms with E-state index in [4.69, 9.17) is 0 Å². The summed E-state index contributed by atoms with van der Waals surface area (Å²) in [5.41, 5.74) is 2.61. The van der Waals surface area contributed by atoms with Gasteiger partial charge in [-0.15, -0.1) is 10.2 Å². The molecule has 1 aliphatic heterocycles. The fourth-order valence-electron chi connectivity index (χ4n) is 3.20. The number of carbonyl (C=O) groups is 1. The minimum atomic E-state index is -0.162. The van der Waals surface area contributed by atoms with E-state index in [1.165, 1.54) is 11.1 Å². The molecular formula is C18H26N6O. The Kier molecular flexibility index (Phi) is 5.33. The monoisotopic (exact) mass is 342 g/mol. The van der Waals surface area contributed by atoms with Crippen molar-refractivity contribution in [3.8, 4) is 0 Å². The molecule has 1 atom stereocenters. The predicted octanol–water partition coefficient (Wildman–Crippen LogP) is 1.71. The Balaban J connectivity index is 1.48. The summed E-state index contributed by atoms with van der Waals surface area (Å²) < 4.78 is 1.82. The molecule has 0 bridgehead atoms. The molecule has 7 nitrogen and oxygen atoms in total. The van der Waals surface area contributed by atoms with E-state index in [0.717, 1.165) is 38.5 Å². The van der Waals surface area contributed by atoms with E-state index in [9.17, 15) is 4.79 Å². The first kappa shape index (κ1) is 17.4. The molecule has 7 heteroatoms. The summed E-state index contributed by atoms with van der Waals surface area (Å²) >= 11 is 0. The molecule has 1 fully saturated rings. The van der Waals surface area contributed by atoms with Crippen LogP contribution in [-0.4, -0.2) is 56.8 Å². The SMILES string of the molecule is Cc1cccc(CN2CCN(C(=O)N[C@H](C)c3nncn3C)CC2)c1. The summed E-state index contributed by atoms with van der Waals surface area (Å²) in [4.78, 5) is 16.7. The molecule has 2 amide bonds. The number of benzene rings is 1. The summed E-state index contributed by atoms with van der Waals surface area (Å²) in [6.07, 6.45) is 1.64. The normalized spacial score (nSPS) is 16.7. The second-order valence-electron chi connectivity index (χ2n) is 6.72. The van der Waals surface area contributed by atoms with Crippen LogP contribution in [0.25, 0.3) is 0 Å². The van der Waals surface area contributed by atoms with Gasteiger partial charge in [-0.3, -0.25) is 4.90 Å². The first-order valence-corrected chi connectivity index (χ1v) is 8.70. The molecule has 0 saturated carbocycles. The van der Waals surface area contributed by atoms with Crippen molar-refractivity contribution in [2.75, 3.05) is 26.2 Å². The number of nitrogens with one attached hydrogen (secondary N) is 1. The molecule has 2 aromatic rings. The van der Waals surface area contributed by atoms with Crippen molar-refractivity contribution in [3.63, 3.8) is 0 Å². The maximum Gasteiger partial charge on any atom is 0.318 e. The Labute approximate surface area is 148 Å². The van der Waals surface area contributed by atoms with Crippen molar-refractivity contribution in [2.45, 2.75) is 26.4 Å². The Morgan fingerprint density at radius 1 is 1.28 bits per heavy atom. The van der Waals surface area contributed by atoms with Gasteiger partial charge in [0.2, 0.25) is 0 Å². The second kappa shape index (κ2) is 7.65. The quantitative estimate of drug-likeness (QED) is 0.919. The number of amides is 2. The van der Waals surface area contributed by atoms with Crippen LogP contribution in [0.4, 0.5) is 4.79 Å². The average Bonchev–Trinajstić information content (AvgIpc) is 3.01. The van der Waals surface area contributed by atoms with Crippen molar-refractivity contribution in [1.29, 1.82) is 0 Å². The molecule has 2 heterocycles. The number of nitrogens with zero attached hydrogens (tertiary/aromatic N) is 5. The fourth-order valence-corrected chi connectivity index (χ4v) is 3.20. The molecule has 0 radical (unpaired) electrons. The second-order valence-corrected chi connectivity index (χ2v) is 6.72. The van der Waals surface area contributed by atoms with E-state index in [1.54, 1.807) is 6.33 Å². The Hall–Kier alpha value is -2.41. The molecule has 0 aliphatic carbocycles. The first-order chi connectivity index (χ1) is 12.0. The van der Waals surface area contributed by atoms with Gasteiger partial charge in [0.15, 0.2) is 5.82 Å². The highest BCUT2D eigenvalue weighted by molar-refractivity contribution is 5.74. The van der Waals surface area contributed by atoms with Crippen LogP contribution < -0.4 is 5.32 Å². The molecule has 3 rings (SSSR count). The maximum atomic E-state index is 12.5. The van der Waals surface area contributed by atoms with Crippen LogP contribution in [0.2, 0.25) is 0 Å². The van der Waals surface area contributed by atoms with E-state index < -0.39 is 0 Å². The highest BCUT2D eigenvalue weighted by Gasteiger charge is 2.23. The van der Waals surface area contributed by atoms with Crippen LogP contribution in [0.5, 0.6) is 0 Å². The Morgan fingerprint density at radius 2 is 2.04 bits per heavy atom. The number of hydrogen-bond acceptors (Lipinski definition) is 4. The van der Waals surface area contributed by atoms with Gasteiger partial charge in [-0.25, -0.2) is 4.79 Å². The zero-order chi connectivity index (χ0) is 17.8. The average molecular weight is 342 g/mol. The van der Waals surface area contributed by atoms with Gasteiger partial charge < -0.3 is 14.8 Å². The molecule has 1 aromatic carbocycles. The number of rotatable bonds is 4. The van der Waals surface area contributed by atoms with Gasteiger partial charge in [0.25, 0.3) is 0 Å². The lowest BCUT2D eigenvalue weighted by Crippen LogP contribution is -2.51. The Bertz CT molecular complexity index is 720. The highest BCUT2D eigenvalue weighted by atomic mass is 16.2. The van der Waals surface area contributed by atoms with E-state index >= 15 is 0 Å². The minimum absolute atomic E-state index is 0.0364. The van der Waals surface area contributed by atoms with Gasteiger partial charge in [0.05, 0.1) is 6.04 Å². The molecule has 1 aromatic heterocycles. The third-order valence-corrected chi connectivity index (χ3v) is 4.62. The van der Waals surface area contributed by atoms with Gasteiger partial charge in [-0.1, -0.05) is 29.8 Å². The zero-order valence-corrected chi connectivity index (χ0v) is 15.1. The lowest BCUT2D eigenvalue weighted by Gasteiger charge is -2.35. The predicted molar refractivity (Wildman–Crippen MR) is 96.0 cm³/mol. The van der Waals surface area contributed by atoms with E-state index in [-0.39, 0.29) is 12.1 Å². The molecule has 25 heavy (non-hydrogen) atoms. The van der Waals surface area contributed by atoms with E-state index in [1.807, 2.05) is 23.4 Å². The van der Waals surface area contributed by atoms with Crippen LogP contribution in [-0.2, 0) is 13.6 Å². The molecule has 134 valence electrons. The van der Waals surface area contributed by atoms with Crippen LogP contribution in [0.3, 0.4) is 0 Å². The molecule has 1 aliphatic rings. The lowest BCUT2D eigenvalue weighted by molar-refractivity contribution is 0.133. The smallest absolute Gasteiger partial charge is 0.318 e. The number of piperazine rings is 1. The number of aryl methyl sites for hydroxylation is 2. The molecule has 0 spiro atoms. The number of hydrogen-bond donors (Lipinski definition) is 1. The van der Waals surface area contributed by atoms with Crippen LogP contribution in [0.15, 0.2) is 30.6 Å².